The average Bonchev–Trinajstić information content (AvgIpc) is 0.704. The van der Waals surface area contributed by atoms with Crippen LogP contribution < -0.4 is 27.2 Å². The molecule has 0 bridgehead atoms. The summed E-state index contributed by atoms with van der Waals surface area (Å²) in [6.45, 7) is 8.47. The van der Waals surface area contributed by atoms with Gasteiger partial charge in [-0.1, -0.05) is 334 Å². The van der Waals surface area contributed by atoms with Crippen LogP contribution in [0.1, 0.15) is 282 Å². The number of nitrogens with one attached hydrogen (secondary N) is 1. The van der Waals surface area contributed by atoms with E-state index in [-0.39, 0.29) is 27.7 Å². The number of halogens is 28. The van der Waals surface area contributed by atoms with Crippen molar-refractivity contribution in [1.29, 1.82) is 0 Å². The number of hydrogen-bond donors (Lipinski definition) is 1. The highest BCUT2D eigenvalue weighted by atomic mass is 32.2. The van der Waals surface area contributed by atoms with Crippen LogP contribution in [0.5, 0.6) is 0 Å². The molecule has 10 aromatic carbocycles. The van der Waals surface area contributed by atoms with Crippen molar-refractivity contribution in [3.05, 3.63) is 292 Å². The SMILES string of the molecule is CC(=O)Nc1ccc([S+](c2ccccc2)c2ccccc2)cc1.CCCCCCCCCCCCc1ccccc1[S+](c1ccccc1CCCCCCCCCCCC)c1ccccc1CCCCCCCCCCCC.FC(F)(F)c1cc([B-](c2cc(C(F)(F)F)cc(C(F)(F)F)c2)(c2cc(C(F)(F)F)cc(C(F)(F)F)c2)c2cc(C(F)(F)F)cc(C(F)(F)F)c2)cc(C(F)(F)F)c1.F[B-](F)(F)F. The molecule has 1 N–H and O–H groups in total. The molecule has 0 saturated carbocycles. The number of anilines is 1. The molecule has 0 saturated heterocycles. The predicted octanol–water partition coefficient (Wildman–Crippen LogP) is 35.4. The van der Waals surface area contributed by atoms with Crippen molar-refractivity contribution in [3.8, 4) is 0 Å². The molecule has 0 fully saturated rings. The summed E-state index contributed by atoms with van der Waals surface area (Å²) < 4.78 is 380. The van der Waals surface area contributed by atoms with Crippen LogP contribution in [0.2, 0.25) is 0 Å². The van der Waals surface area contributed by atoms with Gasteiger partial charge in [-0.2, -0.15) is 127 Å². The van der Waals surface area contributed by atoms with Crippen LogP contribution in [0.4, 0.5) is 128 Å². The molecule has 0 aromatic heterocycles. The molecule has 34 heteroatoms. The summed E-state index contributed by atoms with van der Waals surface area (Å²) in [6, 6.07) is 49.1. The lowest BCUT2D eigenvalue weighted by Crippen LogP contribution is -2.75. The monoisotopic (exact) mass is 2040 g/mol. The largest absolute Gasteiger partial charge is 0.673 e. The van der Waals surface area contributed by atoms with Crippen LogP contribution in [0.3, 0.4) is 0 Å². The molecule has 0 heterocycles. The Kier molecular flexibility index (Phi) is 46.0. The van der Waals surface area contributed by atoms with Gasteiger partial charge in [0.25, 0.3) is 0 Å². The highest BCUT2D eigenvalue weighted by Gasteiger charge is 2.48. The van der Waals surface area contributed by atoms with Gasteiger partial charge in [-0.25, -0.2) is 0 Å². The zero-order chi connectivity index (χ0) is 103. The fraction of sp³-hybridized carbons (Fsp3) is 0.425. The van der Waals surface area contributed by atoms with E-state index in [4.69, 9.17) is 0 Å². The molecule has 2 nitrogen and oxygen atoms in total. The predicted molar refractivity (Wildman–Crippen MR) is 504 cm³/mol. The number of aryl methyl sites for hydroxylation is 3. The Balaban J connectivity index is 0.000000299. The lowest BCUT2D eigenvalue weighted by Gasteiger charge is -2.46. The fourth-order valence-electron chi connectivity index (χ4n) is 17.0. The summed E-state index contributed by atoms with van der Waals surface area (Å²) in [5, 5.41) is 2.81. The van der Waals surface area contributed by atoms with Crippen LogP contribution in [0.15, 0.2) is 260 Å². The van der Waals surface area contributed by atoms with Crippen LogP contribution >= 0.6 is 0 Å². The molecule has 0 atom stereocenters. The molecule has 1 amide bonds. The Bertz CT molecular complexity index is 4710. The number of amides is 1. The van der Waals surface area contributed by atoms with Gasteiger partial charge in [-0.3, -0.25) is 4.79 Å². The fourth-order valence-corrected chi connectivity index (χ4v) is 21.7. The van der Waals surface area contributed by atoms with Crippen LogP contribution in [-0.2, 0) is 95.3 Å². The smallest absolute Gasteiger partial charge is 0.418 e. The Morgan fingerprint density at radius 3 is 0.629 bits per heavy atom. The zero-order valence-electron chi connectivity index (χ0n) is 78.2. The molecule has 0 aliphatic carbocycles. The van der Waals surface area contributed by atoms with E-state index in [9.17, 15) is 127 Å². The lowest BCUT2D eigenvalue weighted by molar-refractivity contribution is -0.144. The minimum atomic E-state index is -6.13. The minimum Gasteiger partial charge on any atom is -0.418 e. The van der Waals surface area contributed by atoms with Gasteiger partial charge in [0.2, 0.25) is 5.91 Å². The van der Waals surface area contributed by atoms with Crippen molar-refractivity contribution in [2.75, 3.05) is 5.32 Å². The first-order chi connectivity index (χ1) is 65.8. The quantitative estimate of drug-likeness (QED) is 0.0175. The summed E-state index contributed by atoms with van der Waals surface area (Å²) in [5.41, 5.74) is -24.6. The third-order valence-electron chi connectivity index (χ3n) is 23.8. The number of unbranched alkanes of at least 4 members (excludes halogenated alkanes) is 27. The Morgan fingerprint density at radius 2 is 0.429 bits per heavy atom. The van der Waals surface area contributed by atoms with Crippen LogP contribution in [0, 0.1) is 0 Å². The second-order valence-corrected chi connectivity index (χ2v) is 38.7. The number of rotatable bonds is 44. The summed E-state index contributed by atoms with van der Waals surface area (Å²) >= 11 is 0. The van der Waals surface area contributed by atoms with Crippen molar-refractivity contribution in [2.45, 2.75) is 318 Å². The van der Waals surface area contributed by atoms with Crippen LogP contribution in [-0.4, -0.2) is 19.3 Å². The lowest BCUT2D eigenvalue weighted by atomic mass is 9.12. The maximum absolute atomic E-state index is 14.2. The second kappa shape index (κ2) is 54.8. The first-order valence-electron chi connectivity index (χ1n) is 47.2. The molecular weight excluding hydrogens is 1920 g/mol. The molecule has 0 spiro atoms. The first kappa shape index (κ1) is 117. The standard InChI is InChI=1S/C54H87S.C32H12BF24.C20H17NOS.BF4/c1-4-7-10-13-16-19-22-25-28-31-40-49-43-34-37-46-52(49)55(53-47-38-35-44-50(53)41-32-29-26-23-20-17-14-11-8-5-2)54-48-39-36-45-51(54)42-33-30-27-24-21-18-15-12-9-6-3;34-25(35,36)13-1-14(26(37,38)39)6-21(5-13)33(22-7-15(27(40,41)42)2-16(8-22)28(43,44)45,23-9-17(29(46,47)48)3-18(10-23)30(49,50)51)24-11-19(31(52,53)54)4-20(12-24)32(55,56)57;1-16(22)21-17-12-14-20(15-13-17)23(18-8-4-2-5-9-18)19-10-6-3-7-11-19;2-1(3,4)5/h34-39,43-48H,4-33,40-42H2,1-3H3;1-12H;2-15H,1H3;/q+1;-1;;-1/p+1. The van der Waals surface area contributed by atoms with Crippen molar-refractivity contribution < 1.29 is 127 Å². The number of carbonyl (C=O) groups excluding carboxylic acids is 1. The topological polar surface area (TPSA) is 29.1 Å². The highest BCUT2D eigenvalue weighted by Crippen LogP contribution is 2.45. The van der Waals surface area contributed by atoms with Gasteiger partial charge in [0, 0.05) is 29.3 Å². The van der Waals surface area contributed by atoms with E-state index < -0.39 is 202 Å². The van der Waals surface area contributed by atoms with Crippen molar-refractivity contribution in [2.24, 2.45) is 0 Å². The van der Waals surface area contributed by atoms with E-state index in [0.717, 1.165) is 5.69 Å². The second-order valence-electron chi connectivity index (χ2n) is 34.8. The Labute approximate surface area is 807 Å². The molecule has 0 aliphatic heterocycles. The van der Waals surface area contributed by atoms with Gasteiger partial charge in [0.05, 0.1) is 55.4 Å². The number of benzene rings is 10. The van der Waals surface area contributed by atoms with Gasteiger partial charge < -0.3 is 22.6 Å². The van der Waals surface area contributed by atoms with E-state index in [1.807, 2.05) is 24.3 Å². The molecule has 10 aromatic rings. The molecule has 0 unspecified atom stereocenters. The maximum atomic E-state index is 14.2. The molecular formula is C106H117B2F28NOS2. The van der Waals surface area contributed by atoms with Crippen molar-refractivity contribution in [1.82, 2.24) is 0 Å². The molecule has 0 aliphatic rings. The summed E-state index contributed by atoms with van der Waals surface area (Å²) in [7, 11) is -6.24. The van der Waals surface area contributed by atoms with E-state index in [1.54, 1.807) is 31.4 Å². The van der Waals surface area contributed by atoms with Gasteiger partial charge >= 0.3 is 56.7 Å². The third kappa shape index (κ3) is 38.3. The van der Waals surface area contributed by atoms with E-state index in [1.165, 1.54) is 233 Å². The van der Waals surface area contributed by atoms with Crippen molar-refractivity contribution in [3.63, 3.8) is 0 Å². The third-order valence-corrected chi connectivity index (χ3v) is 28.5. The summed E-state index contributed by atoms with van der Waals surface area (Å²) in [4.78, 5) is 19.7. The van der Waals surface area contributed by atoms with Gasteiger partial charge in [-0.15, -0.1) is 0 Å². The van der Waals surface area contributed by atoms with E-state index >= 15 is 0 Å². The highest BCUT2D eigenvalue weighted by molar-refractivity contribution is 7.97. The first-order valence-corrected chi connectivity index (χ1v) is 49.7. The number of carbonyl (C=O) groups is 1. The summed E-state index contributed by atoms with van der Waals surface area (Å²) in [6.07, 6.45) is -9.30. The number of alkyl halides is 24. The van der Waals surface area contributed by atoms with Crippen LogP contribution in [0.25, 0.3) is 0 Å². The van der Waals surface area contributed by atoms with E-state index in [0.29, 0.717) is 0 Å². The average molecular weight is 2040 g/mol. The Hall–Kier alpha value is -9.46. The van der Waals surface area contributed by atoms with Gasteiger partial charge in [-0.05, 0) is 130 Å². The van der Waals surface area contributed by atoms with E-state index in [2.05, 4.69) is 160 Å². The molecule has 0 radical (unpaired) electrons. The molecule has 766 valence electrons. The van der Waals surface area contributed by atoms with Gasteiger partial charge in [0.15, 0.2) is 29.4 Å². The van der Waals surface area contributed by atoms with Crippen molar-refractivity contribution >= 4 is 68.6 Å². The number of hydrogen-bond acceptors (Lipinski definition) is 1. The normalized spacial score (nSPS) is 12.5. The zero-order valence-corrected chi connectivity index (χ0v) is 79.9. The minimum absolute atomic E-state index is 0.0529. The molecule has 10 rings (SSSR count). The molecule has 140 heavy (non-hydrogen) atoms. The Morgan fingerprint density at radius 1 is 0.243 bits per heavy atom. The summed E-state index contributed by atoms with van der Waals surface area (Å²) in [5.74, 6) is -0.0529. The maximum Gasteiger partial charge on any atom is 0.673 e. The van der Waals surface area contributed by atoms with Gasteiger partial charge in [0.1, 0.15) is 17.0 Å².